The molecule has 1 aromatic rings. The van der Waals surface area contributed by atoms with Gasteiger partial charge in [-0.3, -0.25) is 4.99 Å². The Balaban J connectivity index is 0.00000200. The Kier molecular flexibility index (Phi) is 7.25. The fourth-order valence-corrected chi connectivity index (χ4v) is 2.40. The smallest absolute Gasteiger partial charge is 0.191 e. The molecule has 0 radical (unpaired) electrons. The molecule has 2 rings (SSSR count). The molecule has 114 valence electrons. The van der Waals surface area contributed by atoms with Crippen molar-refractivity contribution in [2.75, 3.05) is 7.05 Å². The molecule has 1 heterocycles. The number of hydrogen-bond donors (Lipinski definition) is 2. The number of aliphatic imine (C=N–C) groups is 1. The van der Waals surface area contributed by atoms with Gasteiger partial charge in [0.2, 0.25) is 0 Å². The molecule has 1 aliphatic rings. The van der Waals surface area contributed by atoms with Gasteiger partial charge in [0.1, 0.15) is 5.82 Å². The lowest BCUT2D eigenvalue weighted by molar-refractivity contribution is 0.410. The van der Waals surface area contributed by atoms with Crippen molar-refractivity contribution in [3.63, 3.8) is 0 Å². The second-order valence-corrected chi connectivity index (χ2v) is 5.13. The van der Waals surface area contributed by atoms with E-state index in [0.717, 1.165) is 17.6 Å². The summed E-state index contributed by atoms with van der Waals surface area (Å²) >= 11 is 0. The molecule has 7 heteroatoms. The predicted octanol–water partition coefficient (Wildman–Crippen LogP) is 1.74. The van der Waals surface area contributed by atoms with Gasteiger partial charge >= 0.3 is 0 Å². The van der Waals surface area contributed by atoms with Crippen LogP contribution in [0.3, 0.4) is 0 Å². The molecule has 0 unspecified atom stereocenters. The fraction of sp³-hybridized carbons (Fsp3) is 0.769. The Hall–Kier alpha value is -0.860. The van der Waals surface area contributed by atoms with Crippen LogP contribution >= 0.6 is 24.0 Å². The standard InChI is InChI=1S/C13H24N6.HI/c1-10-17-18-12(19(10)3)9-15-13(14-2)16-11-7-5-4-6-8-11;/h11H,4-9H2,1-3H3,(H2,14,15,16);1H. The van der Waals surface area contributed by atoms with Crippen molar-refractivity contribution in [3.8, 4) is 0 Å². The second kappa shape index (κ2) is 8.43. The fourth-order valence-electron chi connectivity index (χ4n) is 2.40. The lowest BCUT2D eigenvalue weighted by Gasteiger charge is -2.24. The molecule has 0 amide bonds. The van der Waals surface area contributed by atoms with Crippen LogP contribution in [-0.2, 0) is 13.6 Å². The zero-order valence-corrected chi connectivity index (χ0v) is 14.8. The topological polar surface area (TPSA) is 67.1 Å². The van der Waals surface area contributed by atoms with E-state index in [0.29, 0.717) is 12.6 Å². The maximum atomic E-state index is 4.27. The second-order valence-electron chi connectivity index (χ2n) is 5.13. The number of guanidine groups is 1. The summed E-state index contributed by atoms with van der Waals surface area (Å²) in [5, 5.41) is 15.0. The van der Waals surface area contributed by atoms with Crippen molar-refractivity contribution >= 4 is 29.9 Å². The van der Waals surface area contributed by atoms with Crippen LogP contribution in [0.15, 0.2) is 4.99 Å². The van der Waals surface area contributed by atoms with Gasteiger partial charge in [0.25, 0.3) is 0 Å². The average molecular weight is 392 g/mol. The first-order chi connectivity index (χ1) is 9.20. The highest BCUT2D eigenvalue weighted by Gasteiger charge is 2.14. The SMILES string of the molecule is CN=C(NCc1nnc(C)n1C)NC1CCCCC1.I. The maximum absolute atomic E-state index is 4.27. The third kappa shape index (κ3) is 4.60. The van der Waals surface area contributed by atoms with Gasteiger partial charge in [-0.1, -0.05) is 19.3 Å². The molecule has 0 spiro atoms. The molecule has 1 aromatic heterocycles. The van der Waals surface area contributed by atoms with Crippen molar-refractivity contribution in [1.82, 2.24) is 25.4 Å². The van der Waals surface area contributed by atoms with E-state index in [1.165, 1.54) is 32.1 Å². The normalized spacial score (nSPS) is 16.6. The average Bonchev–Trinajstić information content (AvgIpc) is 2.76. The zero-order chi connectivity index (χ0) is 13.7. The van der Waals surface area contributed by atoms with Gasteiger partial charge in [-0.15, -0.1) is 34.2 Å². The van der Waals surface area contributed by atoms with Crippen LogP contribution in [0.1, 0.15) is 43.8 Å². The minimum Gasteiger partial charge on any atom is -0.354 e. The van der Waals surface area contributed by atoms with Crippen LogP contribution in [-0.4, -0.2) is 33.8 Å². The third-order valence-corrected chi connectivity index (χ3v) is 3.77. The summed E-state index contributed by atoms with van der Waals surface area (Å²) in [7, 11) is 3.78. The van der Waals surface area contributed by atoms with Gasteiger partial charge in [-0.25, -0.2) is 0 Å². The van der Waals surface area contributed by atoms with Crippen molar-refractivity contribution in [2.45, 2.75) is 51.6 Å². The molecule has 0 aromatic carbocycles. The van der Waals surface area contributed by atoms with Crippen molar-refractivity contribution < 1.29 is 0 Å². The van der Waals surface area contributed by atoms with E-state index >= 15 is 0 Å². The lowest BCUT2D eigenvalue weighted by Crippen LogP contribution is -2.44. The molecule has 1 aliphatic carbocycles. The van der Waals surface area contributed by atoms with Crippen LogP contribution in [0.2, 0.25) is 0 Å². The molecule has 6 nitrogen and oxygen atoms in total. The first kappa shape index (κ1) is 17.2. The van der Waals surface area contributed by atoms with E-state index in [1.807, 2.05) is 18.5 Å². The number of nitrogens with zero attached hydrogens (tertiary/aromatic N) is 4. The van der Waals surface area contributed by atoms with Gasteiger partial charge in [0, 0.05) is 20.1 Å². The van der Waals surface area contributed by atoms with E-state index < -0.39 is 0 Å². The third-order valence-electron chi connectivity index (χ3n) is 3.77. The summed E-state index contributed by atoms with van der Waals surface area (Å²) < 4.78 is 1.99. The number of aromatic nitrogens is 3. The summed E-state index contributed by atoms with van der Waals surface area (Å²) in [6.07, 6.45) is 6.48. The maximum Gasteiger partial charge on any atom is 0.191 e. The molecular weight excluding hydrogens is 367 g/mol. The Bertz CT molecular complexity index is 436. The largest absolute Gasteiger partial charge is 0.354 e. The lowest BCUT2D eigenvalue weighted by atomic mass is 9.96. The summed E-state index contributed by atoms with van der Waals surface area (Å²) in [5.41, 5.74) is 0. The molecule has 2 N–H and O–H groups in total. The molecule has 0 aliphatic heterocycles. The summed E-state index contributed by atoms with van der Waals surface area (Å²) in [6.45, 7) is 2.59. The number of halogens is 1. The monoisotopic (exact) mass is 392 g/mol. The number of nitrogens with one attached hydrogen (secondary N) is 2. The molecule has 0 saturated heterocycles. The summed E-state index contributed by atoms with van der Waals surface area (Å²) in [4.78, 5) is 4.27. The van der Waals surface area contributed by atoms with Crippen molar-refractivity contribution in [1.29, 1.82) is 0 Å². The van der Waals surface area contributed by atoms with Gasteiger partial charge in [0.05, 0.1) is 6.54 Å². The van der Waals surface area contributed by atoms with Gasteiger partial charge in [0.15, 0.2) is 11.8 Å². The first-order valence-corrected chi connectivity index (χ1v) is 7.02. The molecule has 0 bridgehead atoms. The Morgan fingerprint density at radius 1 is 1.30 bits per heavy atom. The van der Waals surface area contributed by atoms with Gasteiger partial charge in [-0.2, -0.15) is 0 Å². The Morgan fingerprint density at radius 3 is 2.55 bits per heavy atom. The predicted molar refractivity (Wildman–Crippen MR) is 91.4 cm³/mol. The molecule has 1 fully saturated rings. The minimum absolute atomic E-state index is 0. The highest BCUT2D eigenvalue weighted by molar-refractivity contribution is 14.0. The van der Waals surface area contributed by atoms with Crippen molar-refractivity contribution in [2.24, 2.45) is 12.0 Å². The molecule has 20 heavy (non-hydrogen) atoms. The van der Waals surface area contributed by atoms with Crippen LogP contribution in [0, 0.1) is 6.92 Å². The highest BCUT2D eigenvalue weighted by atomic mass is 127. The summed E-state index contributed by atoms with van der Waals surface area (Å²) in [6, 6.07) is 0.557. The van der Waals surface area contributed by atoms with Crippen LogP contribution in [0.4, 0.5) is 0 Å². The summed E-state index contributed by atoms with van der Waals surface area (Å²) in [5.74, 6) is 2.70. The van der Waals surface area contributed by atoms with Crippen LogP contribution in [0.5, 0.6) is 0 Å². The van der Waals surface area contributed by atoms with Gasteiger partial charge in [-0.05, 0) is 19.8 Å². The minimum atomic E-state index is 0. The quantitative estimate of drug-likeness (QED) is 0.467. The Morgan fingerprint density at radius 2 is 2.00 bits per heavy atom. The zero-order valence-electron chi connectivity index (χ0n) is 12.5. The number of rotatable bonds is 3. The van der Waals surface area contributed by atoms with E-state index in [-0.39, 0.29) is 24.0 Å². The highest BCUT2D eigenvalue weighted by Crippen LogP contribution is 2.17. The van der Waals surface area contributed by atoms with E-state index in [1.54, 1.807) is 7.05 Å². The number of aryl methyl sites for hydroxylation is 1. The van der Waals surface area contributed by atoms with Crippen LogP contribution in [0.25, 0.3) is 0 Å². The van der Waals surface area contributed by atoms with Crippen molar-refractivity contribution in [3.05, 3.63) is 11.6 Å². The van der Waals surface area contributed by atoms with Gasteiger partial charge < -0.3 is 15.2 Å². The molecular formula is C13H25IN6. The Labute approximate surface area is 137 Å². The van der Waals surface area contributed by atoms with E-state index in [4.69, 9.17) is 0 Å². The first-order valence-electron chi connectivity index (χ1n) is 7.02. The molecule has 1 saturated carbocycles. The number of hydrogen-bond acceptors (Lipinski definition) is 3. The molecule has 0 atom stereocenters. The van der Waals surface area contributed by atoms with Crippen LogP contribution < -0.4 is 10.6 Å². The van der Waals surface area contributed by atoms with E-state index in [9.17, 15) is 0 Å². The van der Waals surface area contributed by atoms with E-state index in [2.05, 4.69) is 25.8 Å².